The van der Waals surface area contributed by atoms with E-state index in [2.05, 4.69) is 67.8 Å². The number of hydrogen-bond acceptors (Lipinski definition) is 6. The molecule has 0 aliphatic carbocycles. The van der Waals surface area contributed by atoms with Crippen LogP contribution in [0, 0.1) is 29.6 Å². The number of hydrogen-bond donors (Lipinski definition) is 0. The van der Waals surface area contributed by atoms with Crippen LogP contribution < -0.4 is 0 Å². The Morgan fingerprint density at radius 2 is 1.44 bits per heavy atom. The lowest BCUT2D eigenvalue weighted by atomic mass is 10.0. The highest BCUT2D eigenvalue weighted by atomic mass is 15.0. The van der Waals surface area contributed by atoms with Gasteiger partial charge in [0.2, 0.25) is 5.82 Å². The number of rotatable bonds is 3. The molecule has 36 heavy (non-hydrogen) atoms. The van der Waals surface area contributed by atoms with Gasteiger partial charge in [0.1, 0.15) is 12.1 Å². The summed E-state index contributed by atoms with van der Waals surface area (Å²) in [7, 11) is 0. The first kappa shape index (κ1) is 21.2. The third-order valence-corrected chi connectivity index (χ3v) is 6.17. The minimum atomic E-state index is 0.110. The molecule has 3 aromatic heterocycles. The van der Waals surface area contributed by atoms with Crippen molar-refractivity contribution < 1.29 is 0 Å². The quantitative estimate of drug-likeness (QED) is 0.331. The molecule has 0 aliphatic rings. The Bertz CT molecular complexity index is 1850. The summed E-state index contributed by atoms with van der Waals surface area (Å²) in [6, 6.07) is 24.8. The lowest BCUT2D eigenvalue weighted by molar-refractivity contribution is 1.11. The summed E-state index contributed by atoms with van der Waals surface area (Å²) in [4.78, 5) is 17.2. The Labute approximate surface area is 206 Å². The summed E-state index contributed by atoms with van der Waals surface area (Å²) in [5.74, 6) is 0.619. The maximum Gasteiger partial charge on any atom is 0.232 e. The molecule has 7 heteroatoms. The number of aromatic nitrogens is 5. The maximum atomic E-state index is 9.18. The Hall–Kier alpha value is -5.40. The molecule has 168 valence electrons. The first-order chi connectivity index (χ1) is 17.7. The van der Waals surface area contributed by atoms with Gasteiger partial charge < -0.3 is 4.57 Å². The molecule has 3 heterocycles. The molecule has 7 nitrogen and oxygen atoms in total. The number of benzene rings is 3. The van der Waals surface area contributed by atoms with Gasteiger partial charge in [-0.15, -0.1) is 0 Å². The molecule has 0 saturated heterocycles. The molecule has 3 aromatic carbocycles. The molecule has 6 rings (SSSR count). The second-order valence-corrected chi connectivity index (χ2v) is 8.42. The molecule has 0 unspecified atom stereocenters. The van der Waals surface area contributed by atoms with Crippen molar-refractivity contribution in [1.29, 1.82) is 10.5 Å². The average molecular weight is 464 g/mol. The van der Waals surface area contributed by atoms with Crippen molar-refractivity contribution in [3.05, 3.63) is 102 Å². The van der Waals surface area contributed by atoms with Crippen molar-refractivity contribution in [1.82, 2.24) is 24.5 Å². The van der Waals surface area contributed by atoms with Crippen molar-refractivity contribution in [2.45, 2.75) is 6.92 Å². The Morgan fingerprint density at radius 3 is 2.19 bits per heavy atom. The zero-order valence-electron chi connectivity index (χ0n) is 19.2. The van der Waals surface area contributed by atoms with Gasteiger partial charge in [0, 0.05) is 52.3 Å². The molecule has 0 amide bonds. The fraction of sp³-hybridized carbons (Fsp3) is 0.0345. The van der Waals surface area contributed by atoms with Crippen LogP contribution in [0.1, 0.15) is 17.0 Å². The van der Waals surface area contributed by atoms with Gasteiger partial charge in [-0.3, -0.25) is 0 Å². The third-order valence-electron chi connectivity index (χ3n) is 6.17. The fourth-order valence-electron chi connectivity index (χ4n) is 4.51. The van der Waals surface area contributed by atoms with Crippen LogP contribution in [0.2, 0.25) is 0 Å². The molecule has 6 aromatic rings. The van der Waals surface area contributed by atoms with E-state index in [1.165, 1.54) is 23.3 Å². The maximum absolute atomic E-state index is 9.18. The smallest absolute Gasteiger partial charge is 0.232 e. The molecule has 0 N–H and O–H groups in total. The molecule has 0 spiro atoms. The Kier molecular flexibility index (Phi) is 4.95. The number of aryl methyl sites for hydroxylation is 1. The molecule has 0 fully saturated rings. The summed E-state index contributed by atoms with van der Waals surface area (Å²) in [6.07, 6.45) is 6.34. The van der Waals surface area contributed by atoms with Gasteiger partial charge in [0.05, 0.1) is 22.3 Å². The molecule has 0 bridgehead atoms. The summed E-state index contributed by atoms with van der Waals surface area (Å²) in [6.45, 7) is 2.09. The van der Waals surface area contributed by atoms with Crippen molar-refractivity contribution in [2.75, 3.05) is 0 Å². The second kappa shape index (κ2) is 8.43. The van der Waals surface area contributed by atoms with Crippen LogP contribution >= 0.6 is 0 Å². The predicted octanol–water partition coefficient (Wildman–Crippen LogP) is 5.75. The zero-order chi connectivity index (χ0) is 24.6. The molecule has 0 saturated carbocycles. The normalized spacial score (nSPS) is 10.9. The first-order valence-electron chi connectivity index (χ1n) is 11.3. The van der Waals surface area contributed by atoms with Gasteiger partial charge in [-0.05, 0) is 43.3 Å². The van der Waals surface area contributed by atoms with Crippen LogP contribution in [-0.2, 0) is 0 Å². The fourth-order valence-corrected chi connectivity index (χ4v) is 4.51. The van der Waals surface area contributed by atoms with Gasteiger partial charge in [-0.2, -0.15) is 10.5 Å². The standard InChI is InChI=1S/C29H17N7/c1-18-6-8-27-24(10-18)22-4-2-3-5-25(22)36(27)26-9-7-20(29-34-14-19(12-30)15-35-29)11-23(26)21-16-32-28(13-31)33-17-21/h2-11,14-17H,1H3. The van der Waals surface area contributed by atoms with Gasteiger partial charge in [-0.25, -0.2) is 19.9 Å². The van der Waals surface area contributed by atoms with E-state index < -0.39 is 0 Å². The van der Waals surface area contributed by atoms with Crippen LogP contribution in [0.25, 0.3) is 50.0 Å². The molecular weight excluding hydrogens is 446 g/mol. The highest BCUT2D eigenvalue weighted by Gasteiger charge is 2.17. The van der Waals surface area contributed by atoms with E-state index in [9.17, 15) is 5.26 Å². The molecular formula is C29H17N7. The lowest BCUT2D eigenvalue weighted by Crippen LogP contribution is -2.00. The zero-order valence-corrected chi connectivity index (χ0v) is 19.2. The van der Waals surface area contributed by atoms with Crippen molar-refractivity contribution in [3.63, 3.8) is 0 Å². The van der Waals surface area contributed by atoms with Crippen molar-refractivity contribution in [3.8, 4) is 40.3 Å². The van der Waals surface area contributed by atoms with Gasteiger partial charge >= 0.3 is 0 Å². The first-order valence-corrected chi connectivity index (χ1v) is 11.3. The molecule has 0 radical (unpaired) electrons. The third kappa shape index (κ3) is 3.44. The van der Waals surface area contributed by atoms with E-state index in [1.807, 2.05) is 36.4 Å². The van der Waals surface area contributed by atoms with E-state index >= 15 is 0 Å². The lowest BCUT2D eigenvalue weighted by Gasteiger charge is -2.15. The van der Waals surface area contributed by atoms with Crippen LogP contribution in [0.4, 0.5) is 0 Å². The van der Waals surface area contributed by atoms with Crippen LogP contribution in [-0.4, -0.2) is 24.5 Å². The van der Waals surface area contributed by atoms with Gasteiger partial charge in [0.15, 0.2) is 5.82 Å². The number of nitrogens with zero attached hydrogens (tertiary/aromatic N) is 7. The number of nitriles is 2. The van der Waals surface area contributed by atoms with E-state index in [0.29, 0.717) is 11.4 Å². The van der Waals surface area contributed by atoms with E-state index in [0.717, 1.165) is 38.8 Å². The highest BCUT2D eigenvalue weighted by Crippen LogP contribution is 2.37. The van der Waals surface area contributed by atoms with Crippen LogP contribution in [0.15, 0.2) is 85.5 Å². The van der Waals surface area contributed by atoms with Crippen LogP contribution in [0.5, 0.6) is 0 Å². The predicted molar refractivity (Wildman–Crippen MR) is 137 cm³/mol. The van der Waals surface area contributed by atoms with Gasteiger partial charge in [-0.1, -0.05) is 29.8 Å². The summed E-state index contributed by atoms with van der Waals surface area (Å²) >= 11 is 0. The van der Waals surface area contributed by atoms with E-state index in [1.54, 1.807) is 12.4 Å². The SMILES string of the molecule is Cc1ccc2c(c1)c1ccccc1n2-c1ccc(-c2ncc(C#N)cn2)cc1-c1cnc(C#N)nc1. The Balaban J connectivity index is 1.65. The number of fused-ring (bicyclic) bond motifs is 3. The summed E-state index contributed by atoms with van der Waals surface area (Å²) in [5.41, 5.74) is 7.12. The van der Waals surface area contributed by atoms with Crippen molar-refractivity contribution >= 4 is 21.8 Å². The van der Waals surface area contributed by atoms with Gasteiger partial charge in [0.25, 0.3) is 0 Å². The summed E-state index contributed by atoms with van der Waals surface area (Å²) < 4.78 is 2.24. The highest BCUT2D eigenvalue weighted by molar-refractivity contribution is 6.10. The van der Waals surface area contributed by atoms with E-state index in [4.69, 9.17) is 5.26 Å². The van der Waals surface area contributed by atoms with Crippen molar-refractivity contribution in [2.24, 2.45) is 0 Å². The second-order valence-electron chi connectivity index (χ2n) is 8.42. The molecule has 0 atom stereocenters. The average Bonchev–Trinajstić information content (AvgIpc) is 3.26. The topological polar surface area (TPSA) is 104 Å². The van der Waals surface area contributed by atoms with E-state index in [-0.39, 0.29) is 5.82 Å². The minimum Gasteiger partial charge on any atom is -0.309 e. The van der Waals surface area contributed by atoms with Crippen LogP contribution in [0.3, 0.4) is 0 Å². The Morgan fingerprint density at radius 1 is 0.694 bits per heavy atom. The minimum absolute atomic E-state index is 0.110. The largest absolute Gasteiger partial charge is 0.309 e. The summed E-state index contributed by atoms with van der Waals surface area (Å²) in [5, 5.41) is 20.6. The number of para-hydroxylation sites is 1. The monoisotopic (exact) mass is 463 g/mol. The molecule has 0 aliphatic heterocycles.